The molecule has 19 heavy (non-hydrogen) atoms. The van der Waals surface area contributed by atoms with E-state index in [2.05, 4.69) is 14.5 Å². The Balaban J connectivity index is 3.25. The maximum atomic E-state index is 12.3. The molecule has 0 spiro atoms. The normalized spacial score (nSPS) is 11.2. The highest BCUT2D eigenvalue weighted by atomic mass is 19.4. The van der Waals surface area contributed by atoms with Gasteiger partial charge in [0.25, 0.3) is 0 Å². The molecule has 0 atom stereocenters. The summed E-state index contributed by atoms with van der Waals surface area (Å²) in [5.41, 5.74) is 10.4. The fourth-order valence-corrected chi connectivity index (χ4v) is 1.41. The SMILES string of the molecule is COC(=O)Cc1cc(N)nc(CN)c1OC(F)(F)F. The van der Waals surface area contributed by atoms with Gasteiger partial charge >= 0.3 is 12.3 Å². The molecule has 0 aliphatic carbocycles. The van der Waals surface area contributed by atoms with Gasteiger partial charge in [0.05, 0.1) is 19.2 Å². The number of hydrogen-bond donors (Lipinski definition) is 2. The Bertz CT molecular complexity index is 477. The van der Waals surface area contributed by atoms with Crippen molar-refractivity contribution >= 4 is 11.8 Å². The third-order valence-electron chi connectivity index (χ3n) is 2.11. The van der Waals surface area contributed by atoms with E-state index in [0.717, 1.165) is 13.2 Å². The van der Waals surface area contributed by atoms with E-state index in [1.165, 1.54) is 0 Å². The van der Waals surface area contributed by atoms with Crippen LogP contribution in [0.5, 0.6) is 5.75 Å². The average molecular weight is 279 g/mol. The van der Waals surface area contributed by atoms with E-state index in [4.69, 9.17) is 11.5 Å². The van der Waals surface area contributed by atoms with E-state index < -0.39 is 24.5 Å². The number of alkyl halides is 3. The molecule has 0 bridgehead atoms. The summed E-state index contributed by atoms with van der Waals surface area (Å²) in [5.74, 6) is -1.41. The van der Waals surface area contributed by atoms with Crippen LogP contribution in [0.3, 0.4) is 0 Å². The molecule has 9 heteroatoms. The van der Waals surface area contributed by atoms with Gasteiger partial charge in [-0.25, -0.2) is 4.98 Å². The zero-order chi connectivity index (χ0) is 14.6. The summed E-state index contributed by atoms with van der Waals surface area (Å²) in [6.07, 6.45) is -5.35. The van der Waals surface area contributed by atoms with E-state index >= 15 is 0 Å². The first kappa shape index (κ1) is 15.0. The fourth-order valence-electron chi connectivity index (χ4n) is 1.41. The van der Waals surface area contributed by atoms with E-state index in [9.17, 15) is 18.0 Å². The number of pyridine rings is 1. The highest BCUT2D eigenvalue weighted by molar-refractivity contribution is 5.74. The Morgan fingerprint density at radius 3 is 2.58 bits per heavy atom. The van der Waals surface area contributed by atoms with E-state index in [1.54, 1.807) is 0 Å². The minimum Gasteiger partial charge on any atom is -0.469 e. The van der Waals surface area contributed by atoms with Crippen LogP contribution in [0.4, 0.5) is 19.0 Å². The summed E-state index contributed by atoms with van der Waals surface area (Å²) in [7, 11) is 1.11. The van der Waals surface area contributed by atoms with Crippen LogP contribution in [0.1, 0.15) is 11.3 Å². The van der Waals surface area contributed by atoms with Crippen molar-refractivity contribution in [1.82, 2.24) is 4.98 Å². The van der Waals surface area contributed by atoms with Gasteiger partial charge in [-0.3, -0.25) is 4.79 Å². The lowest BCUT2D eigenvalue weighted by Gasteiger charge is -2.16. The molecule has 0 aliphatic heterocycles. The first-order valence-corrected chi connectivity index (χ1v) is 5.07. The Morgan fingerprint density at radius 1 is 1.47 bits per heavy atom. The summed E-state index contributed by atoms with van der Waals surface area (Å²) in [6.45, 7) is -0.315. The number of anilines is 1. The van der Waals surface area contributed by atoms with Gasteiger partial charge in [-0.15, -0.1) is 13.2 Å². The average Bonchev–Trinajstić information content (AvgIpc) is 2.30. The first-order valence-electron chi connectivity index (χ1n) is 5.07. The monoisotopic (exact) mass is 279 g/mol. The second-order valence-corrected chi connectivity index (χ2v) is 3.49. The largest absolute Gasteiger partial charge is 0.573 e. The number of rotatable bonds is 4. The standard InChI is InChI=1S/C10H12F3N3O3/c1-18-8(17)3-5-2-7(15)16-6(4-14)9(5)19-10(11,12)13/h2H,3-4,14H2,1H3,(H2,15,16). The molecule has 1 aromatic heterocycles. The van der Waals surface area contributed by atoms with Crippen LogP contribution in [-0.4, -0.2) is 24.4 Å². The van der Waals surface area contributed by atoms with Gasteiger partial charge in [0, 0.05) is 12.1 Å². The molecule has 0 saturated carbocycles. The number of methoxy groups -OCH3 is 1. The van der Waals surface area contributed by atoms with Crippen LogP contribution in [0.25, 0.3) is 0 Å². The molecule has 0 saturated heterocycles. The van der Waals surface area contributed by atoms with Gasteiger partial charge in [-0.05, 0) is 6.07 Å². The van der Waals surface area contributed by atoms with Crippen LogP contribution >= 0.6 is 0 Å². The number of carbonyl (C=O) groups is 1. The Kier molecular flexibility index (Phi) is 4.54. The molecule has 0 radical (unpaired) electrons. The van der Waals surface area contributed by atoms with Gasteiger partial charge < -0.3 is 20.9 Å². The molecule has 106 valence electrons. The predicted molar refractivity (Wildman–Crippen MR) is 58.9 cm³/mol. The number of nitrogens with two attached hydrogens (primary N) is 2. The number of aromatic nitrogens is 1. The number of nitrogens with zero attached hydrogens (tertiary/aromatic N) is 1. The quantitative estimate of drug-likeness (QED) is 0.788. The maximum absolute atomic E-state index is 12.3. The lowest BCUT2D eigenvalue weighted by atomic mass is 10.1. The van der Waals surface area contributed by atoms with E-state index in [1.807, 2.05) is 0 Å². The van der Waals surface area contributed by atoms with E-state index in [0.29, 0.717) is 0 Å². The molecule has 0 amide bonds. The summed E-state index contributed by atoms with van der Waals surface area (Å²) >= 11 is 0. The molecule has 1 aromatic rings. The van der Waals surface area contributed by atoms with Crippen molar-refractivity contribution in [2.45, 2.75) is 19.3 Å². The van der Waals surface area contributed by atoms with Crippen molar-refractivity contribution in [3.05, 3.63) is 17.3 Å². The van der Waals surface area contributed by atoms with Crippen molar-refractivity contribution in [1.29, 1.82) is 0 Å². The van der Waals surface area contributed by atoms with Crippen molar-refractivity contribution in [3.8, 4) is 5.75 Å². The maximum Gasteiger partial charge on any atom is 0.573 e. The van der Waals surface area contributed by atoms with Crippen molar-refractivity contribution < 1.29 is 27.4 Å². The van der Waals surface area contributed by atoms with Gasteiger partial charge in [-0.1, -0.05) is 0 Å². The van der Waals surface area contributed by atoms with Crippen LogP contribution in [-0.2, 0) is 22.5 Å². The fraction of sp³-hybridized carbons (Fsp3) is 0.400. The third-order valence-corrected chi connectivity index (χ3v) is 2.11. The van der Waals surface area contributed by atoms with Crippen LogP contribution in [0.15, 0.2) is 6.07 Å². The molecule has 0 unspecified atom stereocenters. The smallest absolute Gasteiger partial charge is 0.469 e. The third kappa shape index (κ3) is 4.28. The first-order chi connectivity index (χ1) is 8.76. The predicted octanol–water partition coefficient (Wildman–Crippen LogP) is 0.737. The lowest BCUT2D eigenvalue weighted by Crippen LogP contribution is -2.21. The molecule has 4 N–H and O–H groups in total. The summed E-state index contributed by atoms with van der Waals surface area (Å²) in [6, 6.07) is 1.11. The number of hydrogen-bond acceptors (Lipinski definition) is 6. The number of halogens is 3. The Morgan fingerprint density at radius 2 is 2.11 bits per heavy atom. The summed E-state index contributed by atoms with van der Waals surface area (Å²) in [4.78, 5) is 14.8. The number of nitrogen functional groups attached to an aromatic ring is 1. The second kappa shape index (κ2) is 5.74. The van der Waals surface area contributed by atoms with Crippen molar-refractivity contribution in [3.63, 3.8) is 0 Å². The van der Waals surface area contributed by atoms with Gasteiger partial charge in [0.1, 0.15) is 5.82 Å². The molecule has 0 aromatic carbocycles. The van der Waals surface area contributed by atoms with Gasteiger partial charge in [-0.2, -0.15) is 0 Å². The Labute approximate surface area is 106 Å². The van der Waals surface area contributed by atoms with Crippen molar-refractivity contribution in [2.75, 3.05) is 12.8 Å². The van der Waals surface area contributed by atoms with Crippen LogP contribution in [0.2, 0.25) is 0 Å². The van der Waals surface area contributed by atoms with Crippen molar-refractivity contribution in [2.24, 2.45) is 5.73 Å². The lowest BCUT2D eigenvalue weighted by molar-refractivity contribution is -0.275. The van der Waals surface area contributed by atoms with Crippen LogP contribution < -0.4 is 16.2 Å². The van der Waals surface area contributed by atoms with E-state index in [-0.39, 0.29) is 23.6 Å². The minimum atomic E-state index is -4.92. The molecule has 0 aliphatic rings. The van der Waals surface area contributed by atoms with Crippen LogP contribution in [0, 0.1) is 0 Å². The molecule has 1 rings (SSSR count). The Hall–Kier alpha value is -2.03. The minimum absolute atomic E-state index is 0.0612. The molecule has 0 fully saturated rings. The molecular formula is C10H12F3N3O3. The number of ether oxygens (including phenoxy) is 2. The van der Waals surface area contributed by atoms with Gasteiger partial charge in [0.2, 0.25) is 0 Å². The molecular weight excluding hydrogens is 267 g/mol. The molecule has 6 nitrogen and oxygen atoms in total. The zero-order valence-corrected chi connectivity index (χ0v) is 9.95. The topological polar surface area (TPSA) is 100 Å². The summed E-state index contributed by atoms with van der Waals surface area (Å²) < 4.78 is 45.2. The second-order valence-electron chi connectivity index (χ2n) is 3.49. The summed E-state index contributed by atoms with van der Waals surface area (Å²) in [5, 5.41) is 0. The highest BCUT2D eigenvalue weighted by Gasteiger charge is 2.34. The molecule has 1 heterocycles. The number of carbonyl (C=O) groups excluding carboxylic acids is 1. The van der Waals surface area contributed by atoms with Gasteiger partial charge in [0.15, 0.2) is 5.75 Å². The zero-order valence-electron chi connectivity index (χ0n) is 9.95. The number of esters is 1. The highest BCUT2D eigenvalue weighted by Crippen LogP contribution is 2.30.